The van der Waals surface area contributed by atoms with Gasteiger partial charge in [-0.15, -0.1) is 0 Å². The Morgan fingerprint density at radius 2 is 2.23 bits per heavy atom. The molecule has 0 fully saturated rings. The Bertz CT molecular complexity index is 305. The fourth-order valence-electron chi connectivity index (χ4n) is 1.09. The smallest absolute Gasteiger partial charge is 0.137 e. The van der Waals surface area contributed by atoms with E-state index in [2.05, 4.69) is 0 Å². The van der Waals surface area contributed by atoms with Gasteiger partial charge in [0.1, 0.15) is 5.75 Å². The predicted octanol–water partition coefficient (Wildman–Crippen LogP) is 3.77. The lowest BCUT2D eigenvalue weighted by Gasteiger charge is -2.05. The summed E-state index contributed by atoms with van der Waals surface area (Å²) in [6.45, 7) is 4.56. The highest BCUT2D eigenvalue weighted by Crippen LogP contribution is 2.25. The van der Waals surface area contributed by atoms with Crippen molar-refractivity contribution in [3.8, 4) is 5.75 Å². The van der Waals surface area contributed by atoms with Crippen LogP contribution < -0.4 is 4.74 Å². The van der Waals surface area contributed by atoms with E-state index in [1.54, 1.807) is 0 Å². The fraction of sp³-hybridized carbons (Fsp3) is 0.273. The lowest BCUT2D eigenvalue weighted by Crippen LogP contribution is -1.91. The third-order valence-electron chi connectivity index (χ3n) is 1.61. The average molecular weight is 197 g/mol. The third-order valence-corrected chi connectivity index (χ3v) is 1.91. The first-order valence-corrected chi connectivity index (χ1v) is 4.70. The van der Waals surface area contributed by atoms with Gasteiger partial charge in [0.05, 0.1) is 11.6 Å². The van der Waals surface area contributed by atoms with Gasteiger partial charge in [0, 0.05) is 0 Å². The molecule has 13 heavy (non-hydrogen) atoms. The van der Waals surface area contributed by atoms with Crippen molar-refractivity contribution in [1.82, 2.24) is 0 Å². The van der Waals surface area contributed by atoms with Crippen molar-refractivity contribution in [3.05, 3.63) is 34.9 Å². The Kier molecular flexibility index (Phi) is 3.84. The number of benzene rings is 1. The molecule has 0 aromatic heterocycles. The standard InChI is InChI=1S/C11H13ClO/c1-3-5-9-6-7-11(13-4-2)10(12)8-9/h3,5-8H,4H2,1-2H3. The van der Waals surface area contributed by atoms with E-state index in [-0.39, 0.29) is 0 Å². The van der Waals surface area contributed by atoms with Crippen molar-refractivity contribution >= 4 is 17.7 Å². The van der Waals surface area contributed by atoms with E-state index in [9.17, 15) is 0 Å². The summed E-state index contributed by atoms with van der Waals surface area (Å²) in [6.07, 6.45) is 3.98. The molecular formula is C11H13ClO. The fourth-order valence-corrected chi connectivity index (χ4v) is 1.33. The number of rotatable bonds is 3. The maximum absolute atomic E-state index is 5.99. The van der Waals surface area contributed by atoms with E-state index in [4.69, 9.17) is 16.3 Å². The van der Waals surface area contributed by atoms with Crippen LogP contribution in [-0.2, 0) is 0 Å². The average Bonchev–Trinajstić information content (AvgIpc) is 2.10. The summed E-state index contributed by atoms with van der Waals surface area (Å²) in [5.74, 6) is 0.748. The molecule has 2 heteroatoms. The first-order chi connectivity index (χ1) is 6.27. The van der Waals surface area contributed by atoms with Crippen LogP contribution in [0.15, 0.2) is 24.3 Å². The lowest BCUT2D eigenvalue weighted by molar-refractivity contribution is 0.340. The SMILES string of the molecule is CC=Cc1ccc(OCC)c(Cl)c1. The Hall–Kier alpha value is -0.950. The van der Waals surface area contributed by atoms with Crippen molar-refractivity contribution in [1.29, 1.82) is 0 Å². The van der Waals surface area contributed by atoms with Gasteiger partial charge in [0.15, 0.2) is 0 Å². The van der Waals surface area contributed by atoms with Crippen molar-refractivity contribution in [3.63, 3.8) is 0 Å². The molecule has 1 rings (SSSR count). The quantitative estimate of drug-likeness (QED) is 0.715. The topological polar surface area (TPSA) is 9.23 Å². The minimum atomic E-state index is 0.642. The minimum Gasteiger partial charge on any atom is -0.492 e. The molecule has 0 amide bonds. The highest BCUT2D eigenvalue weighted by molar-refractivity contribution is 6.32. The van der Waals surface area contributed by atoms with Crippen molar-refractivity contribution in [2.45, 2.75) is 13.8 Å². The largest absolute Gasteiger partial charge is 0.492 e. The van der Waals surface area contributed by atoms with E-state index in [1.165, 1.54) is 0 Å². The Labute approximate surface area is 84.0 Å². The molecule has 1 nitrogen and oxygen atoms in total. The first-order valence-electron chi connectivity index (χ1n) is 4.33. The van der Waals surface area contributed by atoms with Gasteiger partial charge >= 0.3 is 0 Å². The van der Waals surface area contributed by atoms with Crippen LogP contribution in [0.2, 0.25) is 5.02 Å². The van der Waals surface area contributed by atoms with E-state index in [1.807, 2.05) is 44.2 Å². The van der Waals surface area contributed by atoms with Crippen molar-refractivity contribution in [2.24, 2.45) is 0 Å². The van der Waals surface area contributed by atoms with Gasteiger partial charge in [0.2, 0.25) is 0 Å². The molecule has 0 unspecified atom stereocenters. The number of hydrogen-bond donors (Lipinski definition) is 0. The minimum absolute atomic E-state index is 0.642. The molecule has 70 valence electrons. The van der Waals surface area contributed by atoms with Gasteiger partial charge in [-0.1, -0.05) is 29.8 Å². The Morgan fingerprint density at radius 1 is 1.46 bits per heavy atom. The monoisotopic (exact) mass is 196 g/mol. The summed E-state index contributed by atoms with van der Waals surface area (Å²) in [5, 5.41) is 0.664. The van der Waals surface area contributed by atoms with Crippen LogP contribution in [0.25, 0.3) is 6.08 Å². The second-order valence-corrected chi connectivity index (χ2v) is 3.03. The third kappa shape index (κ3) is 2.78. The normalized spacial score (nSPS) is 10.7. The zero-order chi connectivity index (χ0) is 9.68. The summed E-state index contributed by atoms with van der Waals surface area (Å²) in [6, 6.07) is 5.77. The van der Waals surface area contributed by atoms with E-state index < -0.39 is 0 Å². The van der Waals surface area contributed by atoms with Gasteiger partial charge in [-0.05, 0) is 31.5 Å². The molecule has 0 saturated carbocycles. The number of hydrogen-bond acceptors (Lipinski definition) is 1. The lowest BCUT2D eigenvalue weighted by atomic mass is 10.2. The summed E-state index contributed by atoms with van der Waals surface area (Å²) < 4.78 is 5.31. The molecule has 0 spiro atoms. The maximum Gasteiger partial charge on any atom is 0.137 e. The molecule has 0 heterocycles. The van der Waals surface area contributed by atoms with Gasteiger partial charge in [-0.3, -0.25) is 0 Å². The molecule has 0 aliphatic heterocycles. The molecule has 0 N–H and O–H groups in total. The van der Waals surface area contributed by atoms with E-state index in [0.29, 0.717) is 11.6 Å². The number of allylic oxidation sites excluding steroid dienone is 1. The summed E-state index contributed by atoms with van der Waals surface area (Å²) in [7, 11) is 0. The molecular weight excluding hydrogens is 184 g/mol. The van der Waals surface area contributed by atoms with E-state index >= 15 is 0 Å². The van der Waals surface area contributed by atoms with Gasteiger partial charge in [-0.2, -0.15) is 0 Å². The zero-order valence-corrected chi connectivity index (χ0v) is 8.64. The van der Waals surface area contributed by atoms with Crippen LogP contribution in [0.1, 0.15) is 19.4 Å². The molecule has 0 aliphatic carbocycles. The molecule has 1 aromatic rings. The molecule has 0 aliphatic rings. The summed E-state index contributed by atoms with van der Waals surface area (Å²) in [4.78, 5) is 0. The highest BCUT2D eigenvalue weighted by Gasteiger charge is 1.99. The molecule has 1 aromatic carbocycles. The van der Waals surface area contributed by atoms with Crippen LogP contribution in [0.3, 0.4) is 0 Å². The predicted molar refractivity (Wildman–Crippen MR) is 57.3 cm³/mol. The van der Waals surface area contributed by atoms with Gasteiger partial charge in [-0.25, -0.2) is 0 Å². The Balaban J connectivity index is 2.91. The number of ether oxygens (including phenoxy) is 1. The summed E-state index contributed by atoms with van der Waals surface area (Å²) >= 11 is 5.99. The van der Waals surface area contributed by atoms with Crippen molar-refractivity contribution in [2.75, 3.05) is 6.61 Å². The maximum atomic E-state index is 5.99. The highest BCUT2D eigenvalue weighted by atomic mass is 35.5. The van der Waals surface area contributed by atoms with Gasteiger partial charge in [0.25, 0.3) is 0 Å². The second kappa shape index (κ2) is 4.93. The van der Waals surface area contributed by atoms with Crippen LogP contribution in [0.4, 0.5) is 0 Å². The van der Waals surface area contributed by atoms with Crippen LogP contribution in [0.5, 0.6) is 5.75 Å². The van der Waals surface area contributed by atoms with Crippen LogP contribution >= 0.6 is 11.6 Å². The van der Waals surface area contributed by atoms with Crippen LogP contribution in [-0.4, -0.2) is 6.61 Å². The van der Waals surface area contributed by atoms with E-state index in [0.717, 1.165) is 11.3 Å². The summed E-state index contributed by atoms with van der Waals surface area (Å²) in [5.41, 5.74) is 1.09. The molecule has 0 radical (unpaired) electrons. The van der Waals surface area contributed by atoms with Crippen LogP contribution in [0, 0.1) is 0 Å². The second-order valence-electron chi connectivity index (χ2n) is 2.62. The molecule has 0 atom stereocenters. The zero-order valence-electron chi connectivity index (χ0n) is 7.88. The van der Waals surface area contributed by atoms with Crippen molar-refractivity contribution < 1.29 is 4.74 Å². The van der Waals surface area contributed by atoms with Gasteiger partial charge < -0.3 is 4.74 Å². The number of halogens is 1. The first kappa shape index (κ1) is 10.1. The molecule has 0 saturated heterocycles. The molecule has 0 bridgehead atoms. The Morgan fingerprint density at radius 3 is 2.77 bits per heavy atom.